The van der Waals surface area contributed by atoms with Crippen molar-refractivity contribution in [2.75, 3.05) is 0 Å². The van der Waals surface area contributed by atoms with Crippen molar-refractivity contribution in [3.8, 4) is 0 Å². The van der Waals surface area contributed by atoms with Crippen LogP contribution >= 0.6 is 0 Å². The summed E-state index contributed by atoms with van der Waals surface area (Å²) in [6, 6.07) is 5.15. The first-order chi connectivity index (χ1) is 8.29. The van der Waals surface area contributed by atoms with Crippen LogP contribution in [0, 0.1) is 5.92 Å². The van der Waals surface area contributed by atoms with Crippen LogP contribution in [0.15, 0.2) is 18.3 Å². The third-order valence-corrected chi connectivity index (χ3v) is 3.90. The lowest BCUT2D eigenvalue weighted by atomic mass is 9.87. The first-order valence-electron chi connectivity index (χ1n) is 7.17. The molecule has 1 aliphatic carbocycles. The topological polar surface area (TPSA) is 17.0 Å². The molecule has 0 aromatic carbocycles. The smallest absolute Gasteiger partial charge is 0.0361 e. The van der Waals surface area contributed by atoms with Gasteiger partial charge in [0.25, 0.3) is 0 Å². The van der Waals surface area contributed by atoms with Crippen molar-refractivity contribution in [2.24, 2.45) is 5.92 Å². The average molecular weight is 234 g/mol. The second-order valence-corrected chi connectivity index (χ2v) is 5.54. The number of hydrogen-bond acceptors (Lipinski definition) is 1. The number of nitrogens with zero attached hydrogens (tertiary/aromatic N) is 1. The highest BCUT2D eigenvalue weighted by Gasteiger charge is 2.18. The zero-order valence-electron chi connectivity index (χ0n) is 11.3. The van der Waals surface area contributed by atoms with Crippen LogP contribution in [0.4, 0.5) is 0 Å². The Hall–Kier alpha value is -0.760. The summed E-state index contributed by atoms with van der Waals surface area (Å²) in [4.78, 5) is 0. The molecule has 17 heavy (non-hydrogen) atoms. The van der Waals surface area contributed by atoms with Crippen LogP contribution in [0.1, 0.15) is 51.6 Å². The highest BCUT2D eigenvalue weighted by atomic mass is 15.0. The van der Waals surface area contributed by atoms with Crippen LogP contribution in [0.5, 0.6) is 0 Å². The van der Waals surface area contributed by atoms with Crippen LogP contribution in [0.25, 0.3) is 0 Å². The van der Waals surface area contributed by atoms with Gasteiger partial charge in [0.15, 0.2) is 0 Å². The molecule has 0 radical (unpaired) electrons. The Morgan fingerprint density at radius 1 is 1.41 bits per heavy atom. The highest BCUT2D eigenvalue weighted by Crippen LogP contribution is 2.23. The van der Waals surface area contributed by atoms with E-state index in [1.807, 2.05) is 0 Å². The molecular formula is C15H26N2. The van der Waals surface area contributed by atoms with Gasteiger partial charge in [0, 0.05) is 31.0 Å². The van der Waals surface area contributed by atoms with Gasteiger partial charge >= 0.3 is 0 Å². The van der Waals surface area contributed by atoms with Crippen molar-refractivity contribution in [3.05, 3.63) is 24.0 Å². The van der Waals surface area contributed by atoms with Gasteiger partial charge in [0.2, 0.25) is 0 Å². The number of hydrogen-bond donors (Lipinski definition) is 1. The summed E-state index contributed by atoms with van der Waals surface area (Å²) in [5.74, 6) is 0.906. The SMILES string of the molecule is CCCn1cccc1CNC1CCCC(C)C1. The maximum absolute atomic E-state index is 3.73. The van der Waals surface area contributed by atoms with E-state index in [4.69, 9.17) is 0 Å². The summed E-state index contributed by atoms with van der Waals surface area (Å²) >= 11 is 0. The minimum atomic E-state index is 0.740. The van der Waals surface area contributed by atoms with Crippen molar-refractivity contribution < 1.29 is 0 Å². The van der Waals surface area contributed by atoms with Gasteiger partial charge in [-0.3, -0.25) is 0 Å². The third kappa shape index (κ3) is 3.60. The molecule has 1 heterocycles. The Bertz CT molecular complexity index is 329. The van der Waals surface area contributed by atoms with Crippen molar-refractivity contribution >= 4 is 0 Å². The molecular weight excluding hydrogens is 208 g/mol. The molecule has 1 fully saturated rings. The van der Waals surface area contributed by atoms with Crippen LogP contribution in [-0.2, 0) is 13.1 Å². The summed E-state index contributed by atoms with van der Waals surface area (Å²) < 4.78 is 2.37. The van der Waals surface area contributed by atoms with E-state index in [-0.39, 0.29) is 0 Å². The predicted octanol–water partition coefficient (Wildman–Crippen LogP) is 3.57. The monoisotopic (exact) mass is 234 g/mol. The number of aromatic nitrogens is 1. The van der Waals surface area contributed by atoms with E-state index in [1.165, 1.54) is 37.8 Å². The zero-order valence-corrected chi connectivity index (χ0v) is 11.3. The number of aryl methyl sites for hydroxylation is 1. The second-order valence-electron chi connectivity index (χ2n) is 5.54. The molecule has 1 N–H and O–H groups in total. The van der Waals surface area contributed by atoms with E-state index in [1.54, 1.807) is 0 Å². The Morgan fingerprint density at radius 2 is 2.29 bits per heavy atom. The fourth-order valence-electron chi connectivity index (χ4n) is 2.94. The lowest BCUT2D eigenvalue weighted by Gasteiger charge is -2.27. The number of nitrogens with one attached hydrogen (secondary N) is 1. The molecule has 1 aliphatic rings. The second kappa shape index (κ2) is 6.25. The molecule has 0 aliphatic heterocycles. The molecule has 2 unspecified atom stereocenters. The van der Waals surface area contributed by atoms with Gasteiger partial charge in [-0.25, -0.2) is 0 Å². The Morgan fingerprint density at radius 3 is 3.06 bits per heavy atom. The van der Waals surface area contributed by atoms with Gasteiger partial charge in [0.1, 0.15) is 0 Å². The van der Waals surface area contributed by atoms with Gasteiger partial charge < -0.3 is 9.88 Å². The largest absolute Gasteiger partial charge is 0.350 e. The molecule has 2 heteroatoms. The van der Waals surface area contributed by atoms with Crippen LogP contribution in [0.3, 0.4) is 0 Å². The highest BCUT2D eigenvalue weighted by molar-refractivity contribution is 5.07. The summed E-state index contributed by atoms with van der Waals surface area (Å²) in [5.41, 5.74) is 1.44. The molecule has 1 aromatic rings. The van der Waals surface area contributed by atoms with E-state index >= 15 is 0 Å². The fraction of sp³-hybridized carbons (Fsp3) is 0.733. The molecule has 0 bridgehead atoms. The Labute approximate surface area is 105 Å². The van der Waals surface area contributed by atoms with Gasteiger partial charge in [-0.05, 0) is 37.3 Å². The maximum atomic E-state index is 3.73. The predicted molar refractivity (Wildman–Crippen MR) is 73.0 cm³/mol. The minimum absolute atomic E-state index is 0.740. The summed E-state index contributed by atoms with van der Waals surface area (Å²) in [6.07, 6.45) is 8.94. The van der Waals surface area contributed by atoms with E-state index < -0.39 is 0 Å². The van der Waals surface area contributed by atoms with Crippen molar-refractivity contribution in [1.29, 1.82) is 0 Å². The fourth-order valence-corrected chi connectivity index (χ4v) is 2.94. The molecule has 1 aromatic heterocycles. The zero-order chi connectivity index (χ0) is 12.1. The van der Waals surface area contributed by atoms with E-state index in [0.29, 0.717) is 0 Å². The summed E-state index contributed by atoms with van der Waals surface area (Å²) in [5, 5.41) is 3.73. The molecule has 2 nitrogen and oxygen atoms in total. The van der Waals surface area contributed by atoms with Crippen molar-refractivity contribution in [2.45, 2.75) is 65.1 Å². The standard InChI is InChI=1S/C15H26N2/c1-3-9-17-10-5-8-15(17)12-16-14-7-4-6-13(2)11-14/h5,8,10,13-14,16H,3-4,6-7,9,11-12H2,1-2H3. The molecule has 0 spiro atoms. The average Bonchev–Trinajstić information content (AvgIpc) is 2.75. The van der Waals surface area contributed by atoms with Crippen LogP contribution < -0.4 is 5.32 Å². The molecule has 0 amide bonds. The molecule has 1 saturated carbocycles. The minimum Gasteiger partial charge on any atom is -0.350 e. The van der Waals surface area contributed by atoms with Gasteiger partial charge in [-0.15, -0.1) is 0 Å². The van der Waals surface area contributed by atoms with Crippen molar-refractivity contribution in [3.63, 3.8) is 0 Å². The molecule has 0 saturated heterocycles. The van der Waals surface area contributed by atoms with E-state index in [9.17, 15) is 0 Å². The van der Waals surface area contributed by atoms with E-state index in [2.05, 4.69) is 42.1 Å². The third-order valence-electron chi connectivity index (χ3n) is 3.90. The lowest BCUT2D eigenvalue weighted by molar-refractivity contribution is 0.299. The molecule has 2 rings (SSSR count). The normalized spacial score (nSPS) is 25.1. The summed E-state index contributed by atoms with van der Waals surface area (Å²) in [6.45, 7) is 6.79. The molecule has 96 valence electrons. The Balaban J connectivity index is 1.82. The van der Waals surface area contributed by atoms with Gasteiger partial charge in [-0.1, -0.05) is 26.7 Å². The lowest BCUT2D eigenvalue weighted by Crippen LogP contribution is -2.33. The maximum Gasteiger partial charge on any atom is 0.0361 e. The quantitative estimate of drug-likeness (QED) is 0.824. The summed E-state index contributed by atoms with van der Waals surface area (Å²) in [7, 11) is 0. The van der Waals surface area contributed by atoms with Crippen LogP contribution in [-0.4, -0.2) is 10.6 Å². The van der Waals surface area contributed by atoms with Gasteiger partial charge in [0.05, 0.1) is 0 Å². The first kappa shape index (κ1) is 12.7. The first-order valence-corrected chi connectivity index (χ1v) is 7.17. The number of rotatable bonds is 5. The van der Waals surface area contributed by atoms with Crippen molar-refractivity contribution in [1.82, 2.24) is 9.88 Å². The Kier molecular flexibility index (Phi) is 4.66. The molecule has 2 atom stereocenters. The van der Waals surface area contributed by atoms with Gasteiger partial charge in [-0.2, -0.15) is 0 Å². The van der Waals surface area contributed by atoms with Crippen LogP contribution in [0.2, 0.25) is 0 Å². The van der Waals surface area contributed by atoms with E-state index in [0.717, 1.165) is 25.0 Å².